The summed E-state index contributed by atoms with van der Waals surface area (Å²) in [7, 11) is 0. The average Bonchev–Trinajstić information content (AvgIpc) is 3.02. The van der Waals surface area contributed by atoms with E-state index < -0.39 is 0 Å². The molecule has 2 heteroatoms. The SMILES string of the molecule is CC(C)Cc1c(F)cccc1OCC1CC1. The van der Waals surface area contributed by atoms with Crippen molar-refractivity contribution in [2.75, 3.05) is 6.61 Å². The molecule has 0 spiro atoms. The average molecular weight is 222 g/mol. The summed E-state index contributed by atoms with van der Waals surface area (Å²) >= 11 is 0. The fourth-order valence-corrected chi connectivity index (χ4v) is 1.77. The van der Waals surface area contributed by atoms with Gasteiger partial charge in [0.2, 0.25) is 0 Å². The summed E-state index contributed by atoms with van der Waals surface area (Å²) in [5, 5.41) is 0. The maximum atomic E-state index is 13.7. The van der Waals surface area contributed by atoms with Crippen LogP contribution >= 0.6 is 0 Å². The second-order valence-electron chi connectivity index (χ2n) is 5.07. The van der Waals surface area contributed by atoms with Crippen molar-refractivity contribution in [1.29, 1.82) is 0 Å². The molecule has 16 heavy (non-hydrogen) atoms. The number of ether oxygens (including phenoxy) is 1. The molecule has 0 N–H and O–H groups in total. The van der Waals surface area contributed by atoms with Crippen LogP contribution in [-0.4, -0.2) is 6.61 Å². The largest absolute Gasteiger partial charge is 0.493 e. The zero-order chi connectivity index (χ0) is 11.5. The molecule has 1 aliphatic rings. The lowest BCUT2D eigenvalue weighted by Crippen LogP contribution is -2.05. The van der Waals surface area contributed by atoms with E-state index in [2.05, 4.69) is 13.8 Å². The molecular formula is C14H19FO. The normalized spacial score (nSPS) is 15.5. The van der Waals surface area contributed by atoms with Crippen LogP contribution in [0.25, 0.3) is 0 Å². The van der Waals surface area contributed by atoms with Crippen LogP contribution in [0.15, 0.2) is 18.2 Å². The molecule has 0 heterocycles. The van der Waals surface area contributed by atoms with Crippen molar-refractivity contribution < 1.29 is 9.13 Å². The van der Waals surface area contributed by atoms with Crippen LogP contribution in [0.3, 0.4) is 0 Å². The molecule has 1 aromatic carbocycles. The Hall–Kier alpha value is -1.05. The maximum absolute atomic E-state index is 13.7. The molecule has 0 radical (unpaired) electrons. The first-order valence-electron chi connectivity index (χ1n) is 6.07. The first-order chi connectivity index (χ1) is 7.66. The van der Waals surface area contributed by atoms with Crippen LogP contribution in [0.1, 0.15) is 32.3 Å². The van der Waals surface area contributed by atoms with E-state index in [1.807, 2.05) is 6.07 Å². The molecule has 0 amide bonds. The molecule has 1 fully saturated rings. The van der Waals surface area contributed by atoms with E-state index in [-0.39, 0.29) is 5.82 Å². The van der Waals surface area contributed by atoms with Gasteiger partial charge in [-0.1, -0.05) is 19.9 Å². The highest BCUT2D eigenvalue weighted by Crippen LogP contribution is 2.31. The fourth-order valence-electron chi connectivity index (χ4n) is 1.77. The van der Waals surface area contributed by atoms with E-state index in [0.29, 0.717) is 11.8 Å². The lowest BCUT2D eigenvalue weighted by atomic mass is 10.0. The van der Waals surface area contributed by atoms with Gasteiger partial charge in [-0.3, -0.25) is 0 Å². The molecular weight excluding hydrogens is 203 g/mol. The van der Waals surface area contributed by atoms with Crippen molar-refractivity contribution in [1.82, 2.24) is 0 Å². The Morgan fingerprint density at radius 2 is 2.12 bits per heavy atom. The van der Waals surface area contributed by atoms with Gasteiger partial charge < -0.3 is 4.74 Å². The quantitative estimate of drug-likeness (QED) is 0.736. The fraction of sp³-hybridized carbons (Fsp3) is 0.571. The smallest absolute Gasteiger partial charge is 0.130 e. The summed E-state index contributed by atoms with van der Waals surface area (Å²) in [4.78, 5) is 0. The standard InChI is InChI=1S/C14H19FO/c1-10(2)8-12-13(15)4-3-5-14(12)16-9-11-6-7-11/h3-5,10-11H,6-9H2,1-2H3. The Bertz CT molecular complexity index is 356. The minimum Gasteiger partial charge on any atom is -0.493 e. The third-order valence-electron chi connectivity index (χ3n) is 2.86. The van der Waals surface area contributed by atoms with Crippen LogP contribution in [0.4, 0.5) is 4.39 Å². The van der Waals surface area contributed by atoms with E-state index in [1.165, 1.54) is 18.9 Å². The van der Waals surface area contributed by atoms with Gasteiger partial charge in [-0.2, -0.15) is 0 Å². The molecule has 1 nitrogen and oxygen atoms in total. The van der Waals surface area contributed by atoms with E-state index >= 15 is 0 Å². The van der Waals surface area contributed by atoms with Gasteiger partial charge in [0.15, 0.2) is 0 Å². The lowest BCUT2D eigenvalue weighted by molar-refractivity contribution is 0.293. The highest BCUT2D eigenvalue weighted by molar-refractivity contribution is 5.35. The predicted octanol–water partition coefficient (Wildman–Crippen LogP) is 3.81. The predicted molar refractivity (Wildman–Crippen MR) is 63.2 cm³/mol. The molecule has 0 bridgehead atoms. The Morgan fingerprint density at radius 3 is 2.75 bits per heavy atom. The Kier molecular flexibility index (Phi) is 3.47. The first-order valence-corrected chi connectivity index (χ1v) is 6.07. The highest BCUT2D eigenvalue weighted by atomic mass is 19.1. The summed E-state index contributed by atoms with van der Waals surface area (Å²) in [6, 6.07) is 5.12. The van der Waals surface area contributed by atoms with Gasteiger partial charge in [0.05, 0.1) is 6.61 Å². The van der Waals surface area contributed by atoms with Gasteiger partial charge in [0, 0.05) is 5.56 Å². The number of benzene rings is 1. The molecule has 0 unspecified atom stereocenters. The van der Waals surface area contributed by atoms with Gasteiger partial charge in [0.1, 0.15) is 11.6 Å². The third kappa shape index (κ3) is 2.97. The van der Waals surface area contributed by atoms with Gasteiger partial charge in [-0.05, 0) is 43.2 Å². The number of rotatable bonds is 5. The maximum Gasteiger partial charge on any atom is 0.130 e. The van der Waals surface area contributed by atoms with Gasteiger partial charge in [0.25, 0.3) is 0 Å². The molecule has 0 saturated heterocycles. The topological polar surface area (TPSA) is 9.23 Å². The lowest BCUT2D eigenvalue weighted by Gasteiger charge is -2.13. The molecule has 1 aromatic rings. The van der Waals surface area contributed by atoms with E-state index in [4.69, 9.17) is 4.74 Å². The number of hydrogen-bond acceptors (Lipinski definition) is 1. The second kappa shape index (κ2) is 4.86. The van der Waals surface area contributed by atoms with Crippen molar-refractivity contribution >= 4 is 0 Å². The van der Waals surface area contributed by atoms with Gasteiger partial charge >= 0.3 is 0 Å². The third-order valence-corrected chi connectivity index (χ3v) is 2.86. The Balaban J connectivity index is 2.10. The summed E-state index contributed by atoms with van der Waals surface area (Å²) < 4.78 is 19.4. The number of halogens is 1. The zero-order valence-electron chi connectivity index (χ0n) is 10.0. The molecule has 0 aliphatic heterocycles. The Labute approximate surface area is 96.6 Å². The summed E-state index contributed by atoms with van der Waals surface area (Å²) in [6.45, 7) is 4.93. The van der Waals surface area contributed by atoms with Crippen molar-refractivity contribution in [2.45, 2.75) is 33.1 Å². The van der Waals surface area contributed by atoms with Crippen LogP contribution in [0, 0.1) is 17.7 Å². The molecule has 1 saturated carbocycles. The van der Waals surface area contributed by atoms with Crippen LogP contribution in [0.5, 0.6) is 5.75 Å². The minimum absolute atomic E-state index is 0.137. The summed E-state index contributed by atoms with van der Waals surface area (Å²) in [5.74, 6) is 1.75. The second-order valence-corrected chi connectivity index (χ2v) is 5.07. The van der Waals surface area contributed by atoms with Crippen molar-refractivity contribution in [3.8, 4) is 5.75 Å². The molecule has 0 atom stereocenters. The first kappa shape index (κ1) is 11.4. The molecule has 0 aromatic heterocycles. The van der Waals surface area contributed by atoms with Crippen LogP contribution in [-0.2, 0) is 6.42 Å². The van der Waals surface area contributed by atoms with E-state index in [9.17, 15) is 4.39 Å². The highest BCUT2D eigenvalue weighted by Gasteiger charge is 2.22. The summed E-state index contributed by atoms with van der Waals surface area (Å²) in [6.07, 6.45) is 3.26. The van der Waals surface area contributed by atoms with Gasteiger partial charge in [-0.15, -0.1) is 0 Å². The van der Waals surface area contributed by atoms with E-state index in [1.54, 1.807) is 6.07 Å². The monoisotopic (exact) mass is 222 g/mol. The van der Waals surface area contributed by atoms with Crippen LogP contribution < -0.4 is 4.74 Å². The van der Waals surface area contributed by atoms with Crippen molar-refractivity contribution in [2.24, 2.45) is 11.8 Å². The van der Waals surface area contributed by atoms with Crippen LogP contribution in [0.2, 0.25) is 0 Å². The van der Waals surface area contributed by atoms with Crippen molar-refractivity contribution in [3.63, 3.8) is 0 Å². The number of hydrogen-bond donors (Lipinski definition) is 0. The molecule has 2 rings (SSSR count). The minimum atomic E-state index is -0.137. The van der Waals surface area contributed by atoms with Crippen molar-refractivity contribution in [3.05, 3.63) is 29.6 Å². The van der Waals surface area contributed by atoms with Gasteiger partial charge in [-0.25, -0.2) is 4.39 Å². The zero-order valence-corrected chi connectivity index (χ0v) is 10.0. The molecule has 88 valence electrons. The molecule has 1 aliphatic carbocycles. The van der Waals surface area contributed by atoms with E-state index in [0.717, 1.165) is 24.3 Å². The summed E-state index contributed by atoms with van der Waals surface area (Å²) in [5.41, 5.74) is 0.734. The Morgan fingerprint density at radius 1 is 1.38 bits per heavy atom.